The fourth-order valence-corrected chi connectivity index (χ4v) is 2.18. The standard InChI is InChI=1S/C15H20N4O3/c1-4-5-11-6-12(22-19-11)8-16-14(20)7-13-9(2)17-10(3)18-15(13)21/h6H,4-5,7-8H2,1-3H3,(H,16,20)(H,17,18,21). The van der Waals surface area contributed by atoms with Crippen LogP contribution in [0.5, 0.6) is 0 Å². The quantitative estimate of drug-likeness (QED) is 0.834. The highest BCUT2D eigenvalue weighted by Gasteiger charge is 2.12. The van der Waals surface area contributed by atoms with Gasteiger partial charge >= 0.3 is 0 Å². The fraction of sp³-hybridized carbons (Fsp3) is 0.467. The van der Waals surface area contributed by atoms with Gasteiger partial charge in [-0.25, -0.2) is 4.98 Å². The Kier molecular flexibility index (Phi) is 5.08. The first kappa shape index (κ1) is 15.9. The van der Waals surface area contributed by atoms with Crippen LogP contribution in [-0.4, -0.2) is 21.0 Å². The van der Waals surface area contributed by atoms with E-state index in [-0.39, 0.29) is 24.4 Å². The second-order valence-electron chi connectivity index (χ2n) is 5.20. The lowest BCUT2D eigenvalue weighted by atomic mass is 10.1. The number of aromatic amines is 1. The SMILES string of the molecule is CCCc1cc(CNC(=O)Cc2c(C)nc(C)[nH]c2=O)on1. The van der Waals surface area contributed by atoms with Crippen LogP contribution in [0.4, 0.5) is 0 Å². The molecule has 2 N–H and O–H groups in total. The van der Waals surface area contributed by atoms with Crippen LogP contribution in [0.3, 0.4) is 0 Å². The minimum Gasteiger partial charge on any atom is -0.359 e. The number of carbonyl (C=O) groups excluding carboxylic acids is 1. The van der Waals surface area contributed by atoms with Crippen LogP contribution in [0.1, 0.15) is 41.9 Å². The topological polar surface area (TPSA) is 101 Å². The Hall–Kier alpha value is -2.44. The number of nitrogens with zero attached hydrogens (tertiary/aromatic N) is 2. The number of nitrogens with one attached hydrogen (secondary N) is 2. The van der Waals surface area contributed by atoms with Gasteiger partial charge < -0.3 is 14.8 Å². The lowest BCUT2D eigenvalue weighted by Crippen LogP contribution is -2.28. The Morgan fingerprint density at radius 1 is 1.41 bits per heavy atom. The summed E-state index contributed by atoms with van der Waals surface area (Å²) in [5.74, 6) is 0.883. The molecular formula is C15H20N4O3. The second-order valence-corrected chi connectivity index (χ2v) is 5.20. The van der Waals surface area contributed by atoms with Gasteiger partial charge in [0, 0.05) is 17.3 Å². The molecule has 118 valence electrons. The van der Waals surface area contributed by atoms with E-state index in [1.165, 1.54) is 0 Å². The molecule has 2 heterocycles. The van der Waals surface area contributed by atoms with E-state index in [4.69, 9.17) is 4.52 Å². The predicted molar refractivity (Wildman–Crippen MR) is 80.4 cm³/mol. The summed E-state index contributed by atoms with van der Waals surface area (Å²) in [6.45, 7) is 5.74. The molecule has 0 aliphatic carbocycles. The molecule has 7 nitrogen and oxygen atoms in total. The fourth-order valence-electron chi connectivity index (χ4n) is 2.18. The average molecular weight is 304 g/mol. The van der Waals surface area contributed by atoms with Gasteiger partial charge in [-0.3, -0.25) is 9.59 Å². The molecule has 2 aromatic rings. The van der Waals surface area contributed by atoms with Crippen molar-refractivity contribution in [2.24, 2.45) is 0 Å². The molecule has 0 aliphatic rings. The van der Waals surface area contributed by atoms with Gasteiger partial charge in [0.25, 0.3) is 5.56 Å². The minimum absolute atomic E-state index is 0.00952. The Labute approximate surface area is 128 Å². The molecule has 0 bridgehead atoms. The summed E-state index contributed by atoms with van der Waals surface area (Å²) >= 11 is 0. The van der Waals surface area contributed by atoms with Crippen LogP contribution in [0.25, 0.3) is 0 Å². The van der Waals surface area contributed by atoms with Crippen molar-refractivity contribution in [3.8, 4) is 0 Å². The highest BCUT2D eigenvalue weighted by Crippen LogP contribution is 2.06. The molecule has 0 spiro atoms. The van der Waals surface area contributed by atoms with Gasteiger partial charge in [-0.05, 0) is 20.3 Å². The van der Waals surface area contributed by atoms with E-state index >= 15 is 0 Å². The van der Waals surface area contributed by atoms with Crippen molar-refractivity contribution < 1.29 is 9.32 Å². The zero-order valence-electron chi connectivity index (χ0n) is 13.0. The maximum absolute atomic E-state index is 12.0. The third-order valence-electron chi connectivity index (χ3n) is 3.25. The molecule has 0 atom stereocenters. The van der Waals surface area contributed by atoms with Crippen molar-refractivity contribution >= 4 is 5.91 Å². The van der Waals surface area contributed by atoms with Crippen molar-refractivity contribution in [3.05, 3.63) is 45.0 Å². The van der Waals surface area contributed by atoms with Crippen LogP contribution < -0.4 is 10.9 Å². The normalized spacial score (nSPS) is 10.7. The third-order valence-corrected chi connectivity index (χ3v) is 3.25. The molecule has 0 saturated heterocycles. The van der Waals surface area contributed by atoms with E-state index in [0.717, 1.165) is 18.5 Å². The van der Waals surface area contributed by atoms with Crippen LogP contribution in [0, 0.1) is 13.8 Å². The Morgan fingerprint density at radius 2 is 2.18 bits per heavy atom. The number of amides is 1. The number of carbonyl (C=O) groups is 1. The third kappa shape index (κ3) is 4.03. The van der Waals surface area contributed by atoms with Gasteiger partial charge in [-0.2, -0.15) is 0 Å². The summed E-state index contributed by atoms with van der Waals surface area (Å²) in [7, 11) is 0. The van der Waals surface area contributed by atoms with Crippen molar-refractivity contribution in [2.45, 2.75) is 46.6 Å². The highest BCUT2D eigenvalue weighted by atomic mass is 16.5. The summed E-state index contributed by atoms with van der Waals surface area (Å²) in [5, 5.41) is 6.63. The van der Waals surface area contributed by atoms with Gasteiger partial charge in [-0.15, -0.1) is 0 Å². The van der Waals surface area contributed by atoms with Crippen molar-refractivity contribution in [2.75, 3.05) is 0 Å². The maximum Gasteiger partial charge on any atom is 0.254 e. The van der Waals surface area contributed by atoms with Crippen molar-refractivity contribution in [3.63, 3.8) is 0 Å². The number of hydrogen-bond acceptors (Lipinski definition) is 5. The highest BCUT2D eigenvalue weighted by molar-refractivity contribution is 5.78. The van der Waals surface area contributed by atoms with E-state index in [9.17, 15) is 9.59 Å². The first-order valence-corrected chi connectivity index (χ1v) is 7.27. The summed E-state index contributed by atoms with van der Waals surface area (Å²) in [4.78, 5) is 30.6. The van der Waals surface area contributed by atoms with E-state index < -0.39 is 0 Å². The van der Waals surface area contributed by atoms with Crippen LogP contribution in [0.2, 0.25) is 0 Å². The Bertz CT molecular complexity index is 718. The van der Waals surface area contributed by atoms with Crippen molar-refractivity contribution in [1.29, 1.82) is 0 Å². The van der Waals surface area contributed by atoms with Gasteiger partial charge in [0.15, 0.2) is 5.76 Å². The smallest absolute Gasteiger partial charge is 0.254 e. The second kappa shape index (κ2) is 7.02. The molecule has 7 heteroatoms. The molecule has 0 unspecified atom stereocenters. The molecule has 0 radical (unpaired) electrons. The van der Waals surface area contributed by atoms with Crippen molar-refractivity contribution in [1.82, 2.24) is 20.4 Å². The largest absolute Gasteiger partial charge is 0.359 e. The number of aryl methyl sites for hydroxylation is 3. The minimum atomic E-state index is -0.273. The van der Waals surface area contributed by atoms with E-state index in [2.05, 4.69) is 27.4 Å². The van der Waals surface area contributed by atoms with Gasteiger partial charge in [-0.1, -0.05) is 18.5 Å². The summed E-state index contributed by atoms with van der Waals surface area (Å²) in [5.41, 5.74) is 1.56. The van der Waals surface area contributed by atoms with Gasteiger partial charge in [0.1, 0.15) is 5.82 Å². The molecule has 2 aromatic heterocycles. The maximum atomic E-state index is 12.0. The molecule has 0 aromatic carbocycles. The monoisotopic (exact) mass is 304 g/mol. The van der Waals surface area contributed by atoms with E-state index in [0.29, 0.717) is 22.8 Å². The van der Waals surface area contributed by atoms with Gasteiger partial charge in [0.2, 0.25) is 5.91 Å². The molecule has 0 aliphatic heterocycles. The lowest BCUT2D eigenvalue weighted by Gasteiger charge is -2.05. The lowest BCUT2D eigenvalue weighted by molar-refractivity contribution is -0.120. The van der Waals surface area contributed by atoms with Crippen LogP contribution in [-0.2, 0) is 24.2 Å². The summed E-state index contributed by atoms with van der Waals surface area (Å²) < 4.78 is 5.14. The molecular weight excluding hydrogens is 284 g/mol. The average Bonchev–Trinajstić information content (AvgIpc) is 2.89. The number of rotatable bonds is 6. The number of aromatic nitrogens is 3. The van der Waals surface area contributed by atoms with E-state index in [1.807, 2.05) is 6.07 Å². The van der Waals surface area contributed by atoms with Gasteiger partial charge in [0.05, 0.1) is 18.7 Å². The summed E-state index contributed by atoms with van der Waals surface area (Å²) in [6, 6.07) is 1.83. The molecule has 0 fully saturated rings. The Morgan fingerprint density at radius 3 is 2.86 bits per heavy atom. The van der Waals surface area contributed by atoms with Crippen LogP contribution >= 0.6 is 0 Å². The Balaban J connectivity index is 1.94. The molecule has 1 amide bonds. The molecule has 0 saturated carbocycles. The van der Waals surface area contributed by atoms with Crippen LogP contribution in [0.15, 0.2) is 15.4 Å². The molecule has 2 rings (SSSR count). The number of H-pyrrole nitrogens is 1. The number of hydrogen-bond donors (Lipinski definition) is 2. The first-order chi connectivity index (χ1) is 10.5. The predicted octanol–water partition coefficient (Wildman–Crippen LogP) is 1.19. The van der Waals surface area contributed by atoms with E-state index in [1.54, 1.807) is 13.8 Å². The zero-order chi connectivity index (χ0) is 16.1. The first-order valence-electron chi connectivity index (χ1n) is 7.27. The summed E-state index contributed by atoms with van der Waals surface area (Å²) in [6.07, 6.45) is 1.83. The molecule has 22 heavy (non-hydrogen) atoms. The zero-order valence-corrected chi connectivity index (χ0v) is 13.0.